The van der Waals surface area contributed by atoms with Crippen LogP contribution in [0.4, 0.5) is 11.8 Å². The van der Waals surface area contributed by atoms with Crippen LogP contribution >= 0.6 is 0 Å². The van der Waals surface area contributed by atoms with E-state index in [0.29, 0.717) is 30.8 Å². The lowest BCUT2D eigenvalue weighted by molar-refractivity contribution is -0.0203. The van der Waals surface area contributed by atoms with Gasteiger partial charge in [-0.15, -0.1) is 0 Å². The summed E-state index contributed by atoms with van der Waals surface area (Å²) >= 11 is 0. The third kappa shape index (κ3) is 4.25. The third-order valence-corrected chi connectivity index (χ3v) is 5.25. The molecule has 2 saturated heterocycles. The first-order chi connectivity index (χ1) is 13.6. The quantitative estimate of drug-likeness (QED) is 0.804. The number of anilines is 2. The number of rotatable bonds is 5. The second-order valence-corrected chi connectivity index (χ2v) is 7.80. The molecule has 4 heterocycles. The average Bonchev–Trinajstić information content (AvgIpc) is 3.15. The van der Waals surface area contributed by atoms with Crippen LogP contribution in [0.3, 0.4) is 0 Å². The third-order valence-electron chi connectivity index (χ3n) is 5.25. The second-order valence-electron chi connectivity index (χ2n) is 7.80. The predicted octanol–water partition coefficient (Wildman–Crippen LogP) is 2.10. The van der Waals surface area contributed by atoms with Crippen molar-refractivity contribution in [1.29, 1.82) is 0 Å². The number of hydrogen-bond donors (Lipinski definition) is 2. The SMILES string of the molecule is Cc1nc([C@@H]2CN(c3nccc(N[C@@H]4CCCO[C@@H]4C(C)C)n3)CCO2)n[nH]1. The van der Waals surface area contributed by atoms with Crippen LogP contribution in [-0.2, 0) is 9.47 Å². The summed E-state index contributed by atoms with van der Waals surface area (Å²) < 4.78 is 11.8. The van der Waals surface area contributed by atoms with Gasteiger partial charge in [0, 0.05) is 19.3 Å². The molecule has 4 rings (SSSR count). The average molecular weight is 387 g/mol. The topological polar surface area (TPSA) is 101 Å². The Balaban J connectivity index is 1.45. The molecule has 2 aromatic heterocycles. The molecule has 9 heteroatoms. The molecule has 2 fully saturated rings. The maximum atomic E-state index is 5.99. The van der Waals surface area contributed by atoms with Gasteiger partial charge in [0.25, 0.3) is 0 Å². The summed E-state index contributed by atoms with van der Waals surface area (Å²) in [6.07, 6.45) is 3.98. The Hall–Kier alpha value is -2.26. The van der Waals surface area contributed by atoms with E-state index in [1.807, 2.05) is 13.0 Å². The molecule has 2 aromatic rings. The Labute approximate surface area is 165 Å². The Morgan fingerprint density at radius 1 is 1.25 bits per heavy atom. The highest BCUT2D eigenvalue weighted by Gasteiger charge is 2.30. The Morgan fingerprint density at radius 3 is 2.93 bits per heavy atom. The smallest absolute Gasteiger partial charge is 0.227 e. The summed E-state index contributed by atoms with van der Waals surface area (Å²) in [6.45, 7) is 9.09. The minimum atomic E-state index is -0.184. The van der Waals surface area contributed by atoms with Crippen molar-refractivity contribution in [3.63, 3.8) is 0 Å². The van der Waals surface area contributed by atoms with Crippen molar-refractivity contribution in [2.45, 2.75) is 51.9 Å². The van der Waals surface area contributed by atoms with Crippen LogP contribution in [0, 0.1) is 12.8 Å². The van der Waals surface area contributed by atoms with Gasteiger partial charge < -0.3 is 19.7 Å². The van der Waals surface area contributed by atoms with Crippen LogP contribution in [0.5, 0.6) is 0 Å². The van der Waals surface area contributed by atoms with E-state index in [4.69, 9.17) is 14.5 Å². The van der Waals surface area contributed by atoms with E-state index < -0.39 is 0 Å². The summed E-state index contributed by atoms with van der Waals surface area (Å²) in [4.78, 5) is 15.8. The highest BCUT2D eigenvalue weighted by Crippen LogP contribution is 2.25. The van der Waals surface area contributed by atoms with Crippen LogP contribution in [0.1, 0.15) is 44.4 Å². The van der Waals surface area contributed by atoms with Crippen molar-refractivity contribution in [2.24, 2.45) is 5.92 Å². The highest BCUT2D eigenvalue weighted by molar-refractivity contribution is 5.42. The van der Waals surface area contributed by atoms with Crippen LogP contribution in [-0.4, -0.2) is 63.6 Å². The number of aromatic nitrogens is 5. The molecule has 0 unspecified atom stereocenters. The summed E-state index contributed by atoms with van der Waals surface area (Å²) in [7, 11) is 0. The first kappa shape index (κ1) is 19.1. The molecule has 0 amide bonds. The number of aromatic amines is 1. The molecule has 2 aliphatic heterocycles. The Bertz CT molecular complexity index is 781. The van der Waals surface area contributed by atoms with Gasteiger partial charge in [-0.3, -0.25) is 5.10 Å². The molecule has 3 atom stereocenters. The molecular formula is C19H29N7O2. The fourth-order valence-corrected chi connectivity index (χ4v) is 3.88. The first-order valence-electron chi connectivity index (χ1n) is 10.1. The van der Waals surface area contributed by atoms with Crippen molar-refractivity contribution >= 4 is 11.8 Å². The van der Waals surface area contributed by atoms with E-state index in [1.54, 1.807) is 6.20 Å². The number of hydrogen-bond acceptors (Lipinski definition) is 8. The molecule has 2 N–H and O–H groups in total. The predicted molar refractivity (Wildman–Crippen MR) is 105 cm³/mol. The van der Waals surface area contributed by atoms with Gasteiger partial charge in [0.2, 0.25) is 5.95 Å². The van der Waals surface area contributed by atoms with Crippen molar-refractivity contribution in [3.8, 4) is 0 Å². The number of aryl methyl sites for hydroxylation is 1. The van der Waals surface area contributed by atoms with E-state index >= 15 is 0 Å². The molecule has 9 nitrogen and oxygen atoms in total. The number of nitrogens with one attached hydrogen (secondary N) is 2. The van der Waals surface area contributed by atoms with Crippen LogP contribution in [0.2, 0.25) is 0 Å². The van der Waals surface area contributed by atoms with E-state index in [2.05, 4.69) is 44.2 Å². The van der Waals surface area contributed by atoms with Gasteiger partial charge in [-0.2, -0.15) is 10.1 Å². The lowest BCUT2D eigenvalue weighted by Gasteiger charge is -2.35. The molecule has 0 radical (unpaired) electrons. The first-order valence-corrected chi connectivity index (χ1v) is 10.1. The van der Waals surface area contributed by atoms with Crippen molar-refractivity contribution in [2.75, 3.05) is 36.5 Å². The van der Waals surface area contributed by atoms with Gasteiger partial charge in [-0.1, -0.05) is 13.8 Å². The Kier molecular flexibility index (Phi) is 5.72. The van der Waals surface area contributed by atoms with Gasteiger partial charge in [-0.25, -0.2) is 9.97 Å². The van der Waals surface area contributed by atoms with Crippen molar-refractivity contribution in [3.05, 3.63) is 23.9 Å². The Morgan fingerprint density at radius 2 is 2.14 bits per heavy atom. The van der Waals surface area contributed by atoms with Crippen LogP contribution in [0.15, 0.2) is 12.3 Å². The van der Waals surface area contributed by atoms with Crippen molar-refractivity contribution in [1.82, 2.24) is 25.1 Å². The highest BCUT2D eigenvalue weighted by atomic mass is 16.5. The summed E-state index contributed by atoms with van der Waals surface area (Å²) in [5, 5.41) is 10.7. The summed E-state index contributed by atoms with van der Waals surface area (Å²) in [5.41, 5.74) is 0. The van der Waals surface area contributed by atoms with Gasteiger partial charge in [0.05, 0.1) is 25.3 Å². The second kappa shape index (κ2) is 8.40. The van der Waals surface area contributed by atoms with Crippen molar-refractivity contribution < 1.29 is 9.47 Å². The molecule has 0 saturated carbocycles. The van der Waals surface area contributed by atoms with E-state index in [1.165, 1.54) is 0 Å². The number of morpholine rings is 1. The van der Waals surface area contributed by atoms with Gasteiger partial charge in [0.1, 0.15) is 17.7 Å². The zero-order chi connectivity index (χ0) is 19.5. The molecule has 152 valence electrons. The molecule has 2 aliphatic rings. The lowest BCUT2D eigenvalue weighted by atomic mass is 9.94. The largest absolute Gasteiger partial charge is 0.376 e. The standard InChI is InChI=1S/C19H29N7O2/c1-12(2)17-14(5-4-9-28-17)22-16-6-7-20-19(23-16)26-8-10-27-15(11-26)18-21-13(3)24-25-18/h6-7,12,14-15,17H,4-5,8-11H2,1-3H3,(H,20,22,23)(H,21,24,25)/t14-,15+,17-/m1/s1. The molecule has 0 aromatic carbocycles. The van der Waals surface area contributed by atoms with E-state index in [9.17, 15) is 0 Å². The number of nitrogens with zero attached hydrogens (tertiary/aromatic N) is 5. The number of ether oxygens (including phenoxy) is 2. The normalized spacial score (nSPS) is 25.9. The maximum Gasteiger partial charge on any atom is 0.227 e. The van der Waals surface area contributed by atoms with Gasteiger partial charge >= 0.3 is 0 Å². The molecule has 0 spiro atoms. The monoisotopic (exact) mass is 387 g/mol. The minimum absolute atomic E-state index is 0.184. The molecular weight excluding hydrogens is 358 g/mol. The zero-order valence-electron chi connectivity index (χ0n) is 16.8. The fraction of sp³-hybridized carbons (Fsp3) is 0.684. The molecule has 0 aliphatic carbocycles. The lowest BCUT2D eigenvalue weighted by Crippen LogP contribution is -2.43. The fourth-order valence-electron chi connectivity index (χ4n) is 3.88. The van der Waals surface area contributed by atoms with Crippen LogP contribution < -0.4 is 10.2 Å². The molecule has 0 bridgehead atoms. The van der Waals surface area contributed by atoms with E-state index in [0.717, 1.165) is 37.6 Å². The maximum absolute atomic E-state index is 5.99. The minimum Gasteiger partial charge on any atom is -0.376 e. The summed E-state index contributed by atoms with van der Waals surface area (Å²) in [5.74, 6) is 3.46. The van der Waals surface area contributed by atoms with Gasteiger partial charge in [-0.05, 0) is 31.7 Å². The zero-order valence-corrected chi connectivity index (χ0v) is 16.8. The van der Waals surface area contributed by atoms with E-state index in [-0.39, 0.29) is 18.2 Å². The van der Waals surface area contributed by atoms with Gasteiger partial charge in [0.15, 0.2) is 5.82 Å². The molecule has 28 heavy (non-hydrogen) atoms. The number of H-pyrrole nitrogens is 1. The summed E-state index contributed by atoms with van der Waals surface area (Å²) in [6, 6.07) is 2.19. The van der Waals surface area contributed by atoms with Crippen LogP contribution in [0.25, 0.3) is 0 Å².